The molecule has 0 aliphatic rings. The minimum atomic E-state index is -0.375. The van der Waals surface area contributed by atoms with E-state index < -0.39 is 0 Å². The van der Waals surface area contributed by atoms with Crippen molar-refractivity contribution in [3.63, 3.8) is 0 Å². The SMILES string of the molecule is Cc1ccsc1CNC(=O)c1cnn(-c2ccccc2F)c1C. The second-order valence-electron chi connectivity index (χ2n) is 5.22. The van der Waals surface area contributed by atoms with Crippen LogP contribution < -0.4 is 5.32 Å². The highest BCUT2D eigenvalue weighted by atomic mass is 32.1. The number of carbonyl (C=O) groups is 1. The highest BCUT2D eigenvalue weighted by Gasteiger charge is 2.16. The predicted octanol–water partition coefficient (Wildman–Crippen LogP) is 3.62. The molecule has 6 heteroatoms. The number of hydrogen-bond donors (Lipinski definition) is 1. The standard InChI is InChI=1S/C17H16FN3OS/c1-11-7-8-23-16(11)10-19-17(22)13-9-20-21(12(13)2)15-6-4-3-5-14(15)18/h3-9H,10H2,1-2H3,(H,19,22). The summed E-state index contributed by atoms with van der Waals surface area (Å²) in [6.07, 6.45) is 1.47. The second kappa shape index (κ2) is 6.34. The lowest BCUT2D eigenvalue weighted by molar-refractivity contribution is 0.0950. The van der Waals surface area contributed by atoms with Crippen molar-refractivity contribution in [2.45, 2.75) is 20.4 Å². The van der Waals surface area contributed by atoms with Crippen molar-refractivity contribution in [3.05, 3.63) is 69.4 Å². The zero-order valence-corrected chi connectivity index (χ0v) is 13.7. The van der Waals surface area contributed by atoms with Gasteiger partial charge in [0.05, 0.1) is 24.0 Å². The summed E-state index contributed by atoms with van der Waals surface area (Å²) in [6.45, 7) is 4.25. The van der Waals surface area contributed by atoms with E-state index in [4.69, 9.17) is 0 Å². The summed E-state index contributed by atoms with van der Waals surface area (Å²) in [6, 6.07) is 8.38. The highest BCUT2D eigenvalue weighted by Crippen LogP contribution is 2.18. The number of benzene rings is 1. The molecule has 4 nitrogen and oxygen atoms in total. The number of aryl methyl sites for hydroxylation is 1. The smallest absolute Gasteiger partial charge is 0.255 e. The van der Waals surface area contributed by atoms with Gasteiger partial charge in [-0.05, 0) is 43.0 Å². The molecule has 118 valence electrons. The van der Waals surface area contributed by atoms with Crippen molar-refractivity contribution < 1.29 is 9.18 Å². The Hall–Kier alpha value is -2.47. The monoisotopic (exact) mass is 329 g/mol. The van der Waals surface area contributed by atoms with Gasteiger partial charge in [-0.15, -0.1) is 11.3 Å². The quantitative estimate of drug-likeness (QED) is 0.795. The molecule has 3 rings (SSSR count). The highest BCUT2D eigenvalue weighted by molar-refractivity contribution is 7.10. The number of hydrogen-bond acceptors (Lipinski definition) is 3. The summed E-state index contributed by atoms with van der Waals surface area (Å²) in [5, 5.41) is 9.03. The van der Waals surface area contributed by atoms with Gasteiger partial charge in [0.15, 0.2) is 0 Å². The third-order valence-electron chi connectivity index (χ3n) is 3.71. The number of nitrogens with zero attached hydrogens (tertiary/aromatic N) is 2. The van der Waals surface area contributed by atoms with E-state index in [1.807, 2.05) is 18.4 Å². The summed E-state index contributed by atoms with van der Waals surface area (Å²) in [5.74, 6) is -0.585. The summed E-state index contributed by atoms with van der Waals surface area (Å²) >= 11 is 1.61. The van der Waals surface area contributed by atoms with E-state index in [9.17, 15) is 9.18 Å². The summed E-state index contributed by atoms with van der Waals surface area (Å²) in [5.41, 5.74) is 2.55. The Kier molecular flexibility index (Phi) is 4.25. The van der Waals surface area contributed by atoms with Crippen LogP contribution in [0.25, 0.3) is 5.69 Å². The number of halogens is 1. The number of aromatic nitrogens is 2. The van der Waals surface area contributed by atoms with E-state index in [0.717, 1.165) is 10.4 Å². The van der Waals surface area contributed by atoms with Gasteiger partial charge in [0.1, 0.15) is 11.5 Å². The summed E-state index contributed by atoms with van der Waals surface area (Å²) < 4.78 is 15.3. The molecular weight excluding hydrogens is 313 g/mol. The van der Waals surface area contributed by atoms with Gasteiger partial charge >= 0.3 is 0 Å². The zero-order valence-electron chi connectivity index (χ0n) is 12.8. The van der Waals surface area contributed by atoms with Gasteiger partial charge in [-0.25, -0.2) is 9.07 Å². The van der Waals surface area contributed by atoms with E-state index in [1.54, 1.807) is 36.5 Å². The molecule has 0 bridgehead atoms. The van der Waals surface area contributed by atoms with Gasteiger partial charge in [-0.2, -0.15) is 5.10 Å². The first-order valence-electron chi connectivity index (χ1n) is 7.18. The molecule has 3 aromatic rings. The number of thiophene rings is 1. The minimum Gasteiger partial charge on any atom is -0.347 e. The average Bonchev–Trinajstić information content (AvgIpc) is 3.11. The average molecular weight is 329 g/mol. The van der Waals surface area contributed by atoms with Crippen LogP contribution in [0.3, 0.4) is 0 Å². The summed E-state index contributed by atoms with van der Waals surface area (Å²) in [7, 11) is 0. The van der Waals surface area contributed by atoms with E-state index in [0.29, 0.717) is 23.5 Å². The van der Waals surface area contributed by atoms with Crippen LogP contribution in [0.4, 0.5) is 4.39 Å². The molecule has 0 aliphatic carbocycles. The summed E-state index contributed by atoms with van der Waals surface area (Å²) in [4.78, 5) is 13.5. The Bertz CT molecular complexity index is 853. The number of rotatable bonds is 4. The molecule has 2 aromatic heterocycles. The molecule has 0 fully saturated rings. The fourth-order valence-electron chi connectivity index (χ4n) is 2.34. The van der Waals surface area contributed by atoms with Crippen LogP contribution in [0.2, 0.25) is 0 Å². The predicted molar refractivity (Wildman–Crippen MR) is 88.5 cm³/mol. The van der Waals surface area contributed by atoms with Gasteiger partial charge in [0.25, 0.3) is 5.91 Å². The van der Waals surface area contributed by atoms with Crippen LogP contribution in [0.1, 0.15) is 26.5 Å². The molecule has 0 unspecified atom stereocenters. The molecular formula is C17H16FN3OS. The van der Waals surface area contributed by atoms with Crippen molar-refractivity contribution in [1.82, 2.24) is 15.1 Å². The molecule has 0 radical (unpaired) electrons. The van der Waals surface area contributed by atoms with Crippen LogP contribution >= 0.6 is 11.3 Å². The molecule has 2 heterocycles. The molecule has 1 N–H and O–H groups in total. The Morgan fingerprint density at radius 3 is 2.78 bits per heavy atom. The lowest BCUT2D eigenvalue weighted by atomic mass is 10.2. The van der Waals surface area contributed by atoms with Crippen molar-refractivity contribution in [2.24, 2.45) is 0 Å². The first-order chi connectivity index (χ1) is 11.1. The van der Waals surface area contributed by atoms with Gasteiger partial charge < -0.3 is 5.32 Å². The first kappa shape index (κ1) is 15.4. The Morgan fingerprint density at radius 2 is 2.09 bits per heavy atom. The van der Waals surface area contributed by atoms with Gasteiger partial charge in [-0.3, -0.25) is 4.79 Å². The van der Waals surface area contributed by atoms with Crippen LogP contribution in [-0.2, 0) is 6.54 Å². The van der Waals surface area contributed by atoms with Gasteiger partial charge in [-0.1, -0.05) is 12.1 Å². The van der Waals surface area contributed by atoms with Crippen molar-refractivity contribution >= 4 is 17.2 Å². The van der Waals surface area contributed by atoms with Gasteiger partial charge in [0.2, 0.25) is 0 Å². The maximum atomic E-state index is 13.9. The zero-order chi connectivity index (χ0) is 16.4. The fourth-order valence-corrected chi connectivity index (χ4v) is 3.19. The molecule has 0 saturated heterocycles. The third kappa shape index (κ3) is 3.03. The van der Waals surface area contributed by atoms with Crippen LogP contribution in [-0.4, -0.2) is 15.7 Å². The van der Waals surface area contributed by atoms with E-state index >= 15 is 0 Å². The van der Waals surface area contributed by atoms with E-state index in [2.05, 4.69) is 10.4 Å². The normalized spacial score (nSPS) is 10.7. The maximum Gasteiger partial charge on any atom is 0.255 e. The lowest BCUT2D eigenvalue weighted by Crippen LogP contribution is -2.23. The fraction of sp³-hybridized carbons (Fsp3) is 0.176. The van der Waals surface area contributed by atoms with E-state index in [-0.39, 0.29) is 11.7 Å². The third-order valence-corrected chi connectivity index (χ3v) is 4.74. The lowest BCUT2D eigenvalue weighted by Gasteiger charge is -2.07. The number of para-hydroxylation sites is 1. The number of amides is 1. The first-order valence-corrected chi connectivity index (χ1v) is 8.06. The van der Waals surface area contributed by atoms with Crippen LogP contribution in [0.5, 0.6) is 0 Å². The van der Waals surface area contributed by atoms with E-state index in [1.165, 1.54) is 16.9 Å². The Balaban J connectivity index is 1.80. The molecule has 0 aliphatic heterocycles. The van der Waals surface area contributed by atoms with Crippen LogP contribution in [0.15, 0.2) is 41.9 Å². The number of carbonyl (C=O) groups excluding carboxylic acids is 1. The van der Waals surface area contributed by atoms with Crippen molar-refractivity contribution in [1.29, 1.82) is 0 Å². The molecule has 1 aromatic carbocycles. The molecule has 23 heavy (non-hydrogen) atoms. The van der Waals surface area contributed by atoms with Crippen LogP contribution in [0, 0.1) is 19.7 Å². The van der Waals surface area contributed by atoms with Crippen molar-refractivity contribution in [2.75, 3.05) is 0 Å². The van der Waals surface area contributed by atoms with Gasteiger partial charge in [0, 0.05) is 4.88 Å². The topological polar surface area (TPSA) is 46.9 Å². The second-order valence-corrected chi connectivity index (χ2v) is 6.22. The Morgan fingerprint density at radius 1 is 1.30 bits per heavy atom. The largest absolute Gasteiger partial charge is 0.347 e. The molecule has 1 amide bonds. The Labute approximate surface area is 137 Å². The minimum absolute atomic E-state index is 0.210. The molecule has 0 spiro atoms. The molecule has 0 saturated carbocycles. The van der Waals surface area contributed by atoms with Crippen molar-refractivity contribution in [3.8, 4) is 5.69 Å². The molecule has 0 atom stereocenters. The maximum absolute atomic E-state index is 13.9. The number of nitrogens with one attached hydrogen (secondary N) is 1.